The zero-order valence-corrected chi connectivity index (χ0v) is 51.5. The van der Waals surface area contributed by atoms with Crippen molar-refractivity contribution in [2.45, 2.75) is 245 Å². The molecule has 6 heteroatoms. The Morgan fingerprint density at radius 3 is 0.741 bits per heavy atom. The van der Waals surface area contributed by atoms with Crippen LogP contribution < -0.4 is 0 Å². The molecule has 1 unspecified atom stereocenters. The molecule has 6 nitrogen and oxygen atoms in total. The average Bonchev–Trinajstić information content (AvgIpc) is 3.47. The topological polar surface area (TPSA) is 78.9 Å². The molecule has 1 atom stereocenters. The van der Waals surface area contributed by atoms with Gasteiger partial charge in [0.25, 0.3) is 0 Å². The van der Waals surface area contributed by atoms with E-state index in [9.17, 15) is 14.4 Å². The molecule has 81 heavy (non-hydrogen) atoms. The summed E-state index contributed by atoms with van der Waals surface area (Å²) >= 11 is 0. The largest absolute Gasteiger partial charge is 0.462 e. The van der Waals surface area contributed by atoms with Crippen molar-refractivity contribution < 1.29 is 28.6 Å². The standard InChI is InChI=1S/C75H114O6/c1-4-7-10-13-16-19-22-25-28-30-32-33-34-35-36-37-38-39-40-41-43-44-47-50-53-56-59-62-65-68-74(77)80-71-72(70-79-73(76)67-64-61-58-55-52-49-46-27-24-21-18-15-12-9-6-3)81-75(78)69-66-63-60-57-54-51-48-45-42-31-29-26-23-20-17-14-11-8-5-2/h7-12,16-21,25-29,32-33,35-36,38-39,41-43,45-47,50,56,59,72H,4-6,13-15,22-24,30-31,34,37,40,44,48-49,51-55,57-58,60-71H2,1-3H3/b10-7-,11-8-,12-9-,19-16-,20-17-,21-18-,28-25-,29-26-,33-32-,36-35-,39-38-,43-41-,45-42-,46-27-,50-47-,59-56-. The van der Waals surface area contributed by atoms with Gasteiger partial charge in [-0.1, -0.05) is 260 Å². The van der Waals surface area contributed by atoms with E-state index in [0.717, 1.165) is 180 Å². The predicted octanol–water partition coefficient (Wildman–Crippen LogP) is 22.2. The minimum atomic E-state index is -0.830. The number of hydrogen-bond acceptors (Lipinski definition) is 6. The average molecular weight is 1110 g/mol. The van der Waals surface area contributed by atoms with Gasteiger partial charge in [-0.25, -0.2) is 0 Å². The molecule has 0 saturated carbocycles. The first-order valence-electron chi connectivity index (χ1n) is 31.9. The molecule has 450 valence electrons. The van der Waals surface area contributed by atoms with Gasteiger partial charge in [-0.3, -0.25) is 14.4 Å². The molecule has 0 spiro atoms. The van der Waals surface area contributed by atoms with Crippen LogP contribution >= 0.6 is 0 Å². The lowest BCUT2D eigenvalue weighted by Crippen LogP contribution is -2.30. The Morgan fingerprint density at radius 1 is 0.247 bits per heavy atom. The molecular formula is C75H114O6. The molecule has 0 aromatic rings. The Hall–Kier alpha value is -5.75. The van der Waals surface area contributed by atoms with Crippen molar-refractivity contribution in [3.05, 3.63) is 194 Å². The summed E-state index contributed by atoms with van der Waals surface area (Å²) in [4.78, 5) is 38.3. The Labute approximate surface area is 497 Å². The van der Waals surface area contributed by atoms with E-state index in [-0.39, 0.29) is 44.0 Å². The fourth-order valence-corrected chi connectivity index (χ4v) is 7.92. The molecular weight excluding hydrogens is 997 g/mol. The minimum absolute atomic E-state index is 0.121. The normalized spacial score (nSPS) is 13.5. The van der Waals surface area contributed by atoms with E-state index in [2.05, 4.69) is 215 Å². The van der Waals surface area contributed by atoms with E-state index >= 15 is 0 Å². The molecule has 0 bridgehead atoms. The maximum absolute atomic E-state index is 12.9. The highest BCUT2D eigenvalue weighted by Crippen LogP contribution is 2.13. The number of allylic oxidation sites excluding steroid dienone is 32. The van der Waals surface area contributed by atoms with Crippen molar-refractivity contribution in [2.24, 2.45) is 0 Å². The lowest BCUT2D eigenvalue weighted by Gasteiger charge is -2.18. The molecule has 0 aliphatic carbocycles. The monoisotopic (exact) mass is 1110 g/mol. The fraction of sp³-hybridized carbons (Fsp3) is 0.533. The summed E-state index contributed by atoms with van der Waals surface area (Å²) < 4.78 is 16.8. The zero-order valence-electron chi connectivity index (χ0n) is 51.5. The van der Waals surface area contributed by atoms with Gasteiger partial charge in [-0.2, -0.15) is 0 Å². The van der Waals surface area contributed by atoms with Gasteiger partial charge in [0.2, 0.25) is 0 Å². The van der Waals surface area contributed by atoms with Gasteiger partial charge >= 0.3 is 17.9 Å². The number of esters is 3. The first-order valence-corrected chi connectivity index (χ1v) is 31.9. The van der Waals surface area contributed by atoms with E-state index in [1.807, 2.05) is 0 Å². The van der Waals surface area contributed by atoms with Crippen LogP contribution in [-0.4, -0.2) is 37.2 Å². The molecule has 0 N–H and O–H groups in total. The third-order valence-electron chi connectivity index (χ3n) is 12.6. The Balaban J connectivity index is 4.54. The van der Waals surface area contributed by atoms with Crippen LogP contribution in [0.4, 0.5) is 0 Å². The number of unbranched alkanes of at least 4 members (excludes halogenated alkanes) is 12. The van der Waals surface area contributed by atoms with Crippen LogP contribution in [0.3, 0.4) is 0 Å². The first kappa shape index (κ1) is 75.2. The summed E-state index contributed by atoms with van der Waals surface area (Å²) in [5.41, 5.74) is 0. The van der Waals surface area contributed by atoms with Crippen molar-refractivity contribution >= 4 is 17.9 Å². The summed E-state index contributed by atoms with van der Waals surface area (Å²) in [5, 5.41) is 0. The highest BCUT2D eigenvalue weighted by molar-refractivity contribution is 5.71. The first-order chi connectivity index (χ1) is 40.0. The van der Waals surface area contributed by atoms with Crippen LogP contribution in [0, 0.1) is 0 Å². The third kappa shape index (κ3) is 64.9. The van der Waals surface area contributed by atoms with Crippen LogP contribution in [0.15, 0.2) is 194 Å². The van der Waals surface area contributed by atoms with Crippen LogP contribution in [0.25, 0.3) is 0 Å². The summed E-state index contributed by atoms with van der Waals surface area (Å²) in [6.07, 6.45) is 101. The predicted molar refractivity (Wildman–Crippen MR) is 352 cm³/mol. The third-order valence-corrected chi connectivity index (χ3v) is 12.6. The maximum atomic E-state index is 12.9. The van der Waals surface area contributed by atoms with Gasteiger partial charge in [0, 0.05) is 19.3 Å². The summed E-state index contributed by atoms with van der Waals surface area (Å²) in [5.74, 6) is -1.02. The van der Waals surface area contributed by atoms with Gasteiger partial charge in [0.05, 0.1) is 0 Å². The van der Waals surface area contributed by atoms with Gasteiger partial charge in [-0.15, -0.1) is 0 Å². The van der Waals surface area contributed by atoms with E-state index in [1.165, 1.54) is 12.8 Å². The molecule has 0 heterocycles. The van der Waals surface area contributed by atoms with Crippen LogP contribution in [-0.2, 0) is 28.6 Å². The van der Waals surface area contributed by atoms with Crippen molar-refractivity contribution in [1.29, 1.82) is 0 Å². The van der Waals surface area contributed by atoms with Crippen molar-refractivity contribution in [1.82, 2.24) is 0 Å². The van der Waals surface area contributed by atoms with Crippen LogP contribution in [0.2, 0.25) is 0 Å². The van der Waals surface area contributed by atoms with Gasteiger partial charge in [-0.05, 0) is 154 Å². The molecule has 0 fully saturated rings. The Morgan fingerprint density at radius 2 is 0.457 bits per heavy atom. The van der Waals surface area contributed by atoms with Gasteiger partial charge in [0.15, 0.2) is 6.10 Å². The van der Waals surface area contributed by atoms with E-state index in [1.54, 1.807) is 0 Å². The minimum Gasteiger partial charge on any atom is -0.462 e. The molecule has 0 aromatic heterocycles. The van der Waals surface area contributed by atoms with Gasteiger partial charge < -0.3 is 14.2 Å². The smallest absolute Gasteiger partial charge is 0.306 e. The lowest BCUT2D eigenvalue weighted by atomic mass is 10.1. The Kier molecular flexibility index (Phi) is 62.0. The van der Waals surface area contributed by atoms with E-state index in [4.69, 9.17) is 14.2 Å². The molecule has 0 aromatic carbocycles. The maximum Gasteiger partial charge on any atom is 0.306 e. The second kappa shape index (κ2) is 66.8. The van der Waals surface area contributed by atoms with Crippen molar-refractivity contribution in [3.8, 4) is 0 Å². The highest BCUT2D eigenvalue weighted by atomic mass is 16.6. The highest BCUT2D eigenvalue weighted by Gasteiger charge is 2.19. The summed E-state index contributed by atoms with van der Waals surface area (Å²) in [6, 6.07) is 0. The van der Waals surface area contributed by atoms with Gasteiger partial charge in [0.1, 0.15) is 13.2 Å². The van der Waals surface area contributed by atoms with Crippen LogP contribution in [0.1, 0.15) is 239 Å². The fourth-order valence-electron chi connectivity index (χ4n) is 7.92. The van der Waals surface area contributed by atoms with Crippen molar-refractivity contribution in [3.63, 3.8) is 0 Å². The van der Waals surface area contributed by atoms with Crippen molar-refractivity contribution in [2.75, 3.05) is 13.2 Å². The number of ether oxygens (including phenoxy) is 3. The number of carbonyl (C=O) groups excluding carboxylic acids is 3. The zero-order chi connectivity index (χ0) is 58.5. The number of hydrogen-bond donors (Lipinski definition) is 0. The molecule has 0 aliphatic heterocycles. The number of rotatable bonds is 55. The van der Waals surface area contributed by atoms with Crippen LogP contribution in [0.5, 0.6) is 0 Å². The summed E-state index contributed by atoms with van der Waals surface area (Å²) in [6.45, 7) is 6.21. The quantitative estimate of drug-likeness (QED) is 0.0261. The molecule has 0 radical (unpaired) electrons. The molecule has 0 amide bonds. The molecule has 0 saturated heterocycles. The summed E-state index contributed by atoms with van der Waals surface area (Å²) in [7, 11) is 0. The SMILES string of the molecule is CC/C=C\C/C=C\C/C=C\C/C=C\C/C=C\C/C=C\C/C=C\C/C=C\C/C=C\CCCC(=O)OCC(COC(=O)CCCCCCC/C=C\C/C=C\C/C=C\CC)OC(=O)CCCCCCCC/C=C\C/C=C\C/C=C\C/C=C\CC. The lowest BCUT2D eigenvalue weighted by molar-refractivity contribution is -0.167. The molecule has 0 rings (SSSR count). The second-order valence-corrected chi connectivity index (χ2v) is 20.2. The molecule has 0 aliphatic rings. The Bertz CT molecular complexity index is 1950. The second-order valence-electron chi connectivity index (χ2n) is 20.2. The number of carbonyl (C=O) groups is 3. The van der Waals surface area contributed by atoms with E-state index in [0.29, 0.717) is 12.8 Å². The van der Waals surface area contributed by atoms with E-state index < -0.39 is 6.10 Å².